The predicted molar refractivity (Wildman–Crippen MR) is 93.7 cm³/mol. The fraction of sp³-hybridized carbons (Fsp3) is 0.421. The molecule has 5 nitrogen and oxygen atoms in total. The average molecular weight is 348 g/mol. The molecule has 0 spiro atoms. The zero-order valence-corrected chi connectivity index (χ0v) is 14.8. The molecule has 0 aliphatic carbocycles. The number of rotatable bonds is 10. The Hall–Kier alpha value is -2.18. The number of carbonyl (C=O) groups excluding carboxylic acids is 1. The van der Waals surface area contributed by atoms with Gasteiger partial charge in [0, 0.05) is 45.2 Å². The van der Waals surface area contributed by atoms with Crippen LogP contribution in [0.2, 0.25) is 0 Å². The van der Waals surface area contributed by atoms with E-state index < -0.39 is 0 Å². The molecule has 136 valence electrons. The standard InChI is InChI=1S/C19H25FN2O3/c1-24-11-5-9-21(15-19(23)25-2)14-18-8-4-10-22(18)13-16-6-3-7-17(20)12-16/h3-4,6-8,10,12H,5,9,11,13-15H2,1-2H3. The summed E-state index contributed by atoms with van der Waals surface area (Å²) in [5.74, 6) is -0.501. The smallest absolute Gasteiger partial charge is 0.319 e. The summed E-state index contributed by atoms with van der Waals surface area (Å²) >= 11 is 0. The van der Waals surface area contributed by atoms with Crippen molar-refractivity contribution in [1.82, 2.24) is 9.47 Å². The highest BCUT2D eigenvalue weighted by molar-refractivity contribution is 5.71. The molecule has 0 radical (unpaired) electrons. The number of hydrogen-bond acceptors (Lipinski definition) is 4. The van der Waals surface area contributed by atoms with Gasteiger partial charge in [-0.2, -0.15) is 0 Å². The molecule has 0 bridgehead atoms. The van der Waals surface area contributed by atoms with E-state index in [-0.39, 0.29) is 18.3 Å². The fourth-order valence-corrected chi connectivity index (χ4v) is 2.70. The van der Waals surface area contributed by atoms with E-state index in [0.717, 1.165) is 24.2 Å². The van der Waals surface area contributed by atoms with Crippen LogP contribution < -0.4 is 0 Å². The summed E-state index contributed by atoms with van der Waals surface area (Å²) in [6.45, 7) is 2.80. The number of aromatic nitrogens is 1. The molecule has 0 aliphatic rings. The number of nitrogens with zero attached hydrogens (tertiary/aromatic N) is 2. The average Bonchev–Trinajstić information content (AvgIpc) is 3.01. The molecular formula is C19H25FN2O3. The summed E-state index contributed by atoms with van der Waals surface area (Å²) in [6.07, 6.45) is 2.80. The number of ether oxygens (including phenoxy) is 2. The summed E-state index contributed by atoms with van der Waals surface area (Å²) in [5.41, 5.74) is 1.96. The third-order valence-corrected chi connectivity index (χ3v) is 3.95. The molecular weight excluding hydrogens is 323 g/mol. The predicted octanol–water partition coefficient (Wildman–Crippen LogP) is 2.69. The van der Waals surface area contributed by atoms with Gasteiger partial charge in [-0.05, 0) is 36.2 Å². The maximum atomic E-state index is 13.4. The number of halogens is 1. The van der Waals surface area contributed by atoms with Crippen molar-refractivity contribution in [2.75, 3.05) is 33.9 Å². The topological polar surface area (TPSA) is 43.7 Å². The maximum Gasteiger partial charge on any atom is 0.319 e. The highest BCUT2D eigenvalue weighted by atomic mass is 19.1. The van der Waals surface area contributed by atoms with Crippen molar-refractivity contribution in [3.8, 4) is 0 Å². The third kappa shape index (κ3) is 6.32. The van der Waals surface area contributed by atoms with Gasteiger partial charge in [-0.1, -0.05) is 12.1 Å². The molecule has 0 fully saturated rings. The van der Waals surface area contributed by atoms with E-state index in [4.69, 9.17) is 9.47 Å². The normalized spacial score (nSPS) is 11.0. The lowest BCUT2D eigenvalue weighted by atomic mass is 10.2. The number of benzene rings is 1. The van der Waals surface area contributed by atoms with Crippen LogP contribution in [0.5, 0.6) is 0 Å². The minimum absolute atomic E-state index is 0.228. The Morgan fingerprint density at radius 3 is 2.80 bits per heavy atom. The van der Waals surface area contributed by atoms with E-state index in [0.29, 0.717) is 19.7 Å². The second-order valence-electron chi connectivity index (χ2n) is 5.89. The minimum Gasteiger partial charge on any atom is -0.468 e. The van der Waals surface area contributed by atoms with Crippen molar-refractivity contribution in [3.63, 3.8) is 0 Å². The monoisotopic (exact) mass is 348 g/mol. The maximum absolute atomic E-state index is 13.4. The molecule has 0 saturated heterocycles. The van der Waals surface area contributed by atoms with Gasteiger partial charge in [0.25, 0.3) is 0 Å². The molecule has 1 aromatic heterocycles. The van der Waals surface area contributed by atoms with Crippen LogP contribution in [0.25, 0.3) is 0 Å². The van der Waals surface area contributed by atoms with Crippen molar-refractivity contribution in [2.45, 2.75) is 19.5 Å². The van der Waals surface area contributed by atoms with Gasteiger partial charge in [-0.15, -0.1) is 0 Å². The Labute approximate surface area is 148 Å². The van der Waals surface area contributed by atoms with Crippen molar-refractivity contribution < 1.29 is 18.7 Å². The molecule has 25 heavy (non-hydrogen) atoms. The van der Waals surface area contributed by atoms with Crippen LogP contribution in [0.1, 0.15) is 17.7 Å². The van der Waals surface area contributed by atoms with Crippen LogP contribution in [0.15, 0.2) is 42.6 Å². The first-order valence-electron chi connectivity index (χ1n) is 8.29. The SMILES string of the molecule is COCCCN(CC(=O)OC)Cc1cccn1Cc1cccc(F)c1. The van der Waals surface area contributed by atoms with Gasteiger partial charge < -0.3 is 14.0 Å². The second-order valence-corrected chi connectivity index (χ2v) is 5.89. The van der Waals surface area contributed by atoms with Gasteiger partial charge in [0.2, 0.25) is 0 Å². The summed E-state index contributed by atoms with van der Waals surface area (Å²) in [7, 11) is 3.05. The Morgan fingerprint density at radius 2 is 2.08 bits per heavy atom. The zero-order chi connectivity index (χ0) is 18.1. The molecule has 2 aromatic rings. The minimum atomic E-state index is -0.263. The molecule has 0 aliphatic heterocycles. The van der Waals surface area contributed by atoms with Crippen LogP contribution in [0, 0.1) is 5.82 Å². The highest BCUT2D eigenvalue weighted by Gasteiger charge is 2.13. The largest absolute Gasteiger partial charge is 0.468 e. The van der Waals surface area contributed by atoms with Gasteiger partial charge >= 0.3 is 5.97 Å². The third-order valence-electron chi connectivity index (χ3n) is 3.95. The quantitative estimate of drug-likeness (QED) is 0.489. The number of methoxy groups -OCH3 is 2. The van der Waals surface area contributed by atoms with E-state index in [1.807, 2.05) is 29.3 Å². The lowest BCUT2D eigenvalue weighted by molar-refractivity contribution is -0.142. The summed E-state index contributed by atoms with van der Waals surface area (Å²) in [4.78, 5) is 13.7. The highest BCUT2D eigenvalue weighted by Crippen LogP contribution is 2.12. The number of esters is 1. The van der Waals surface area contributed by atoms with E-state index in [1.165, 1.54) is 19.2 Å². The number of carbonyl (C=O) groups is 1. The van der Waals surface area contributed by atoms with E-state index in [9.17, 15) is 9.18 Å². The zero-order valence-electron chi connectivity index (χ0n) is 14.8. The number of hydrogen-bond donors (Lipinski definition) is 0. The molecule has 0 saturated carbocycles. The molecule has 0 amide bonds. The van der Waals surface area contributed by atoms with Gasteiger partial charge in [0.1, 0.15) is 5.82 Å². The second kappa shape index (κ2) is 9.96. The van der Waals surface area contributed by atoms with E-state index in [2.05, 4.69) is 4.57 Å². The molecule has 2 rings (SSSR count). The molecule has 0 N–H and O–H groups in total. The Kier molecular flexibility index (Phi) is 7.63. The Bertz CT molecular complexity index is 672. The molecule has 1 aromatic carbocycles. The molecule has 0 atom stereocenters. The first kappa shape index (κ1) is 19.1. The van der Waals surface area contributed by atoms with Crippen molar-refractivity contribution in [1.29, 1.82) is 0 Å². The van der Waals surface area contributed by atoms with Crippen LogP contribution in [0.3, 0.4) is 0 Å². The summed E-state index contributed by atoms with van der Waals surface area (Å²) < 4.78 is 25.3. The van der Waals surface area contributed by atoms with Crippen molar-refractivity contribution in [3.05, 3.63) is 59.7 Å². The van der Waals surface area contributed by atoms with Crippen LogP contribution in [-0.4, -0.2) is 49.4 Å². The Balaban J connectivity index is 2.05. The fourth-order valence-electron chi connectivity index (χ4n) is 2.70. The van der Waals surface area contributed by atoms with Gasteiger partial charge in [-0.3, -0.25) is 9.69 Å². The van der Waals surface area contributed by atoms with Crippen LogP contribution >= 0.6 is 0 Å². The first-order valence-corrected chi connectivity index (χ1v) is 8.29. The van der Waals surface area contributed by atoms with Crippen molar-refractivity contribution in [2.24, 2.45) is 0 Å². The van der Waals surface area contributed by atoms with Gasteiger partial charge in [-0.25, -0.2) is 4.39 Å². The molecule has 6 heteroatoms. The first-order chi connectivity index (χ1) is 12.1. The van der Waals surface area contributed by atoms with Crippen molar-refractivity contribution >= 4 is 5.97 Å². The van der Waals surface area contributed by atoms with Crippen LogP contribution in [0.4, 0.5) is 4.39 Å². The molecule has 1 heterocycles. The lowest BCUT2D eigenvalue weighted by Crippen LogP contribution is -2.32. The lowest BCUT2D eigenvalue weighted by Gasteiger charge is -2.22. The van der Waals surface area contributed by atoms with Gasteiger partial charge in [0.05, 0.1) is 13.7 Å². The van der Waals surface area contributed by atoms with Gasteiger partial charge in [0.15, 0.2) is 0 Å². The van der Waals surface area contributed by atoms with Crippen LogP contribution in [-0.2, 0) is 27.4 Å². The summed E-state index contributed by atoms with van der Waals surface area (Å²) in [5, 5.41) is 0. The molecule has 0 unspecified atom stereocenters. The summed E-state index contributed by atoms with van der Waals surface area (Å²) in [6, 6.07) is 10.6. The van der Waals surface area contributed by atoms with E-state index in [1.54, 1.807) is 13.2 Å². The Morgan fingerprint density at radius 1 is 1.24 bits per heavy atom. The van der Waals surface area contributed by atoms with E-state index >= 15 is 0 Å².